The van der Waals surface area contributed by atoms with Crippen molar-refractivity contribution in [3.63, 3.8) is 0 Å². The highest BCUT2D eigenvalue weighted by Crippen LogP contribution is 2.60. The number of rotatable bonds is 11. The number of ether oxygens (including phenoxy) is 2. The minimum absolute atomic E-state index is 0.00666. The smallest absolute Gasteiger partial charge is 0.264 e. The lowest BCUT2D eigenvalue weighted by molar-refractivity contribution is -0.146. The van der Waals surface area contributed by atoms with E-state index in [1.165, 1.54) is 0 Å². The van der Waals surface area contributed by atoms with Crippen molar-refractivity contribution in [3.05, 3.63) is 101 Å². The largest absolute Gasteiger partial charge is 0.497 e. The Balaban J connectivity index is 1.28. The zero-order valence-electron chi connectivity index (χ0n) is 27.1. The predicted molar refractivity (Wildman–Crippen MR) is 180 cm³/mol. The van der Waals surface area contributed by atoms with Crippen LogP contribution in [0.3, 0.4) is 0 Å². The van der Waals surface area contributed by atoms with Gasteiger partial charge in [-0.2, -0.15) is 0 Å². The molecule has 3 heterocycles. The van der Waals surface area contributed by atoms with Gasteiger partial charge >= 0.3 is 0 Å². The number of aliphatic hydroxyl groups excluding tert-OH is 1. The van der Waals surface area contributed by atoms with Crippen LogP contribution in [-0.2, 0) is 34.6 Å². The maximum Gasteiger partial charge on any atom is 0.264 e. The van der Waals surface area contributed by atoms with Gasteiger partial charge in [0.1, 0.15) is 5.75 Å². The van der Waals surface area contributed by atoms with Crippen molar-refractivity contribution in [1.82, 2.24) is 15.0 Å². The van der Waals surface area contributed by atoms with E-state index in [0.717, 1.165) is 16.8 Å². The molecule has 0 bridgehead atoms. The molecule has 0 aliphatic carbocycles. The average molecular weight is 656 g/mol. The Morgan fingerprint density at radius 2 is 1.85 bits per heavy atom. The van der Waals surface area contributed by atoms with Crippen LogP contribution < -0.4 is 15.0 Å². The number of nitrogens with one attached hydrogen (secondary N) is 1. The third-order valence-electron chi connectivity index (χ3n) is 9.38. The first-order valence-corrected chi connectivity index (χ1v) is 18.9. The van der Waals surface area contributed by atoms with E-state index in [-0.39, 0.29) is 29.9 Å². The molecule has 3 N–H and O–H groups in total. The number of aromatic nitrogens is 3. The van der Waals surface area contributed by atoms with Crippen molar-refractivity contribution in [2.24, 2.45) is 5.92 Å². The second kappa shape index (κ2) is 13.0. The molecule has 1 spiro atoms. The van der Waals surface area contributed by atoms with Gasteiger partial charge in [-0.05, 0) is 67.5 Å². The molecule has 6 rings (SSSR count). The molecule has 1 aromatic heterocycles. The van der Waals surface area contributed by atoms with Gasteiger partial charge in [0.05, 0.1) is 31.1 Å². The van der Waals surface area contributed by atoms with Crippen LogP contribution in [0.5, 0.6) is 5.75 Å². The number of nitrogens with zero attached hydrogens (tertiary/aromatic N) is 4. The molecule has 246 valence electrons. The van der Waals surface area contributed by atoms with Crippen molar-refractivity contribution in [3.8, 4) is 5.75 Å². The summed E-state index contributed by atoms with van der Waals surface area (Å²) in [5, 5.41) is 20.5. The van der Waals surface area contributed by atoms with Gasteiger partial charge in [0.15, 0.2) is 13.9 Å². The number of anilines is 2. The number of hydrogen-bond acceptors (Lipinski definition) is 8. The van der Waals surface area contributed by atoms with Gasteiger partial charge in [-0.15, -0.1) is 5.10 Å². The standard InChI is InChI=1S/C35H41N5O6Si/c1-23-32(47(3,4)44)31(16-18-39-22-27(17-19-41)37-38-39)46-35(23)29-20-28(45-2)14-15-30(29)40(34(35)43)21-24-10-12-26(13-11-24)36-33(42)25-8-6-5-7-9-25/h5-15,20,22-23,31-32,41,44H,16-19,21H2,1-4H3,(H,36,42)/t23-,31+,32-,35+/m0/s1. The van der Waals surface area contributed by atoms with Gasteiger partial charge in [-0.3, -0.25) is 14.3 Å². The molecule has 11 nitrogen and oxygen atoms in total. The highest BCUT2D eigenvalue weighted by Gasteiger charge is 2.66. The van der Waals surface area contributed by atoms with Gasteiger partial charge in [0, 0.05) is 54.0 Å². The molecule has 4 atom stereocenters. The molecular formula is C35H41N5O6Si. The third kappa shape index (κ3) is 6.21. The lowest BCUT2D eigenvalue weighted by Crippen LogP contribution is -2.46. The molecule has 4 aromatic rings. The summed E-state index contributed by atoms with van der Waals surface area (Å²) in [4.78, 5) is 40.7. The molecule has 1 fully saturated rings. The number of carbonyl (C=O) groups excluding carboxylic acids is 2. The molecule has 0 unspecified atom stereocenters. The summed E-state index contributed by atoms with van der Waals surface area (Å²) < 4.78 is 14.2. The van der Waals surface area contributed by atoms with Crippen molar-refractivity contribution >= 4 is 31.5 Å². The molecule has 0 radical (unpaired) electrons. The number of benzene rings is 3. The lowest BCUT2D eigenvalue weighted by Gasteiger charge is -2.32. The molecule has 2 aliphatic heterocycles. The SMILES string of the molecule is COc1ccc2c(c1)[C@@]1(O[C@H](CCn3cc(CCO)nn3)[C@@H]([Si](C)(C)O)[C@@H]1C)C(=O)N2Cc1ccc(NC(=O)c2ccccc2)cc1. The summed E-state index contributed by atoms with van der Waals surface area (Å²) in [5.74, 6) is -0.0731. The number of aryl methyl sites for hydroxylation is 1. The lowest BCUT2D eigenvalue weighted by atomic mass is 9.82. The fourth-order valence-corrected chi connectivity index (χ4v) is 9.82. The Morgan fingerprint density at radius 1 is 1.11 bits per heavy atom. The fraction of sp³-hybridized carbons (Fsp3) is 0.371. The molecular weight excluding hydrogens is 614 g/mol. The van der Waals surface area contributed by atoms with Gasteiger partial charge in [0.2, 0.25) is 0 Å². The van der Waals surface area contributed by atoms with Crippen LogP contribution in [0, 0.1) is 5.92 Å². The summed E-state index contributed by atoms with van der Waals surface area (Å²) in [5.41, 5.74) is 2.74. The van der Waals surface area contributed by atoms with E-state index < -0.39 is 20.0 Å². The Morgan fingerprint density at radius 3 is 2.53 bits per heavy atom. The third-order valence-corrected chi connectivity index (χ3v) is 11.9. The number of methoxy groups -OCH3 is 1. The zero-order valence-corrected chi connectivity index (χ0v) is 28.1. The first-order valence-electron chi connectivity index (χ1n) is 15.9. The van der Waals surface area contributed by atoms with Gasteiger partial charge in [-0.1, -0.05) is 42.5 Å². The summed E-state index contributed by atoms with van der Waals surface area (Å²) >= 11 is 0. The summed E-state index contributed by atoms with van der Waals surface area (Å²) in [6, 6.07) is 22.1. The quantitative estimate of drug-likeness (QED) is 0.201. The topological polar surface area (TPSA) is 139 Å². The first kappa shape index (κ1) is 32.6. The fourth-order valence-electron chi connectivity index (χ4n) is 7.22. The number of carbonyl (C=O) groups is 2. The van der Waals surface area contributed by atoms with Crippen molar-refractivity contribution in [2.75, 3.05) is 23.9 Å². The Kier molecular flexibility index (Phi) is 9.03. The molecule has 0 saturated carbocycles. The highest BCUT2D eigenvalue weighted by molar-refractivity contribution is 6.71. The van der Waals surface area contributed by atoms with Crippen LogP contribution in [0.2, 0.25) is 18.6 Å². The van der Waals surface area contributed by atoms with E-state index >= 15 is 0 Å². The normalized spacial score (nSPS) is 22.1. The molecule has 2 amide bonds. The van der Waals surface area contributed by atoms with E-state index in [1.54, 1.807) is 28.8 Å². The minimum Gasteiger partial charge on any atom is -0.497 e. The number of fused-ring (bicyclic) bond motifs is 2. The van der Waals surface area contributed by atoms with Gasteiger partial charge in [-0.25, -0.2) is 0 Å². The van der Waals surface area contributed by atoms with Crippen molar-refractivity contribution in [2.45, 2.75) is 63.2 Å². The first-order chi connectivity index (χ1) is 22.5. The second-order valence-electron chi connectivity index (χ2n) is 12.9. The van der Waals surface area contributed by atoms with Crippen LogP contribution in [-0.4, -0.2) is 64.8 Å². The van der Waals surface area contributed by atoms with E-state index in [1.807, 2.05) is 86.9 Å². The zero-order chi connectivity index (χ0) is 33.3. The predicted octanol–water partition coefficient (Wildman–Crippen LogP) is 4.51. The van der Waals surface area contributed by atoms with Crippen molar-refractivity contribution < 1.29 is 29.0 Å². The van der Waals surface area contributed by atoms with E-state index in [0.29, 0.717) is 48.6 Å². The Hall–Kier alpha value is -4.36. The molecule has 2 aliphatic rings. The number of aliphatic hydroxyl groups is 1. The number of hydrogen-bond donors (Lipinski definition) is 3. The maximum absolute atomic E-state index is 14.7. The summed E-state index contributed by atoms with van der Waals surface area (Å²) in [6.45, 7) is 6.60. The number of amides is 2. The second-order valence-corrected chi connectivity index (χ2v) is 16.9. The van der Waals surface area contributed by atoms with Crippen LogP contribution in [0.15, 0.2) is 79.0 Å². The monoisotopic (exact) mass is 655 g/mol. The van der Waals surface area contributed by atoms with Gasteiger partial charge in [0.25, 0.3) is 11.8 Å². The summed E-state index contributed by atoms with van der Waals surface area (Å²) in [7, 11) is -1.25. The van der Waals surface area contributed by atoms with E-state index in [2.05, 4.69) is 15.6 Å². The molecule has 1 saturated heterocycles. The minimum atomic E-state index is -2.84. The Bertz CT molecular complexity index is 1740. The Labute approximate surface area is 275 Å². The van der Waals surface area contributed by atoms with Gasteiger partial charge < -0.3 is 29.6 Å². The van der Waals surface area contributed by atoms with E-state index in [4.69, 9.17) is 9.47 Å². The van der Waals surface area contributed by atoms with Crippen LogP contribution in [0.4, 0.5) is 11.4 Å². The van der Waals surface area contributed by atoms with Crippen LogP contribution >= 0.6 is 0 Å². The summed E-state index contributed by atoms with van der Waals surface area (Å²) in [6.07, 6.45) is 2.35. The van der Waals surface area contributed by atoms with Crippen LogP contribution in [0.25, 0.3) is 0 Å². The molecule has 3 aromatic carbocycles. The van der Waals surface area contributed by atoms with Crippen molar-refractivity contribution in [1.29, 1.82) is 0 Å². The highest BCUT2D eigenvalue weighted by atomic mass is 28.4. The van der Waals surface area contributed by atoms with Crippen LogP contribution in [0.1, 0.15) is 40.5 Å². The van der Waals surface area contributed by atoms with E-state index in [9.17, 15) is 19.5 Å². The molecule has 47 heavy (non-hydrogen) atoms. The maximum atomic E-state index is 14.7. The average Bonchev–Trinajstić information content (AvgIpc) is 3.71. The molecule has 12 heteroatoms.